The molecular formula is C16H22N2O4. The number of hydrogen-bond donors (Lipinski definition) is 2. The van der Waals surface area contributed by atoms with Gasteiger partial charge in [0.15, 0.2) is 0 Å². The molecule has 6 heteroatoms. The normalized spacial score (nSPS) is 27.0. The summed E-state index contributed by atoms with van der Waals surface area (Å²) in [6.07, 6.45) is 0.340. The monoisotopic (exact) mass is 306 g/mol. The summed E-state index contributed by atoms with van der Waals surface area (Å²) in [5, 5.41) is 0. The lowest BCUT2D eigenvalue weighted by Gasteiger charge is -2.52. The van der Waals surface area contributed by atoms with Crippen LogP contribution in [0.4, 0.5) is 0 Å². The number of rotatable bonds is 7. The molecule has 4 N–H and O–H groups in total. The lowest BCUT2D eigenvalue weighted by atomic mass is 9.54. The molecule has 0 saturated heterocycles. The van der Waals surface area contributed by atoms with Gasteiger partial charge in [-0.15, -0.1) is 0 Å². The number of amides is 2. The molecule has 0 radical (unpaired) electrons. The van der Waals surface area contributed by atoms with Crippen LogP contribution < -0.4 is 16.2 Å². The first-order chi connectivity index (χ1) is 10.5. The third-order valence-electron chi connectivity index (χ3n) is 4.45. The van der Waals surface area contributed by atoms with Crippen molar-refractivity contribution in [3.8, 4) is 5.75 Å². The molecule has 0 spiro atoms. The van der Waals surface area contributed by atoms with Crippen molar-refractivity contribution in [1.82, 2.24) is 0 Å². The van der Waals surface area contributed by atoms with E-state index in [9.17, 15) is 9.59 Å². The van der Waals surface area contributed by atoms with Gasteiger partial charge >= 0.3 is 0 Å². The topological polar surface area (TPSA) is 105 Å². The van der Waals surface area contributed by atoms with Gasteiger partial charge in [-0.1, -0.05) is 12.1 Å². The van der Waals surface area contributed by atoms with E-state index < -0.39 is 29.3 Å². The summed E-state index contributed by atoms with van der Waals surface area (Å²) < 4.78 is 10.8. The van der Waals surface area contributed by atoms with Gasteiger partial charge in [-0.2, -0.15) is 0 Å². The molecule has 0 bridgehead atoms. The maximum atomic E-state index is 12.2. The van der Waals surface area contributed by atoms with Crippen LogP contribution in [0.1, 0.15) is 18.9 Å². The molecule has 1 aromatic carbocycles. The number of ether oxygens (including phenoxy) is 2. The van der Waals surface area contributed by atoms with Gasteiger partial charge in [-0.25, -0.2) is 0 Å². The number of carbonyl (C=O) groups excluding carboxylic acids is 2. The fourth-order valence-corrected chi connectivity index (χ4v) is 3.26. The minimum atomic E-state index is -1.09. The second-order valence-corrected chi connectivity index (χ2v) is 5.57. The van der Waals surface area contributed by atoms with Crippen molar-refractivity contribution in [2.75, 3.05) is 13.7 Å². The minimum absolute atomic E-state index is 0.303. The lowest BCUT2D eigenvalue weighted by molar-refractivity contribution is -0.180. The van der Waals surface area contributed by atoms with Gasteiger partial charge < -0.3 is 20.9 Å². The van der Waals surface area contributed by atoms with Crippen molar-refractivity contribution in [3.63, 3.8) is 0 Å². The van der Waals surface area contributed by atoms with E-state index in [-0.39, 0.29) is 0 Å². The van der Waals surface area contributed by atoms with Gasteiger partial charge in [0.2, 0.25) is 11.8 Å². The van der Waals surface area contributed by atoms with Crippen molar-refractivity contribution in [2.45, 2.75) is 25.9 Å². The van der Waals surface area contributed by atoms with Crippen LogP contribution in [-0.4, -0.2) is 31.6 Å². The van der Waals surface area contributed by atoms with E-state index in [1.54, 1.807) is 7.11 Å². The van der Waals surface area contributed by atoms with Gasteiger partial charge in [0, 0.05) is 6.61 Å². The SMILES string of the molecule is CCOC1CC(C(N)=O)C1(Cc1cccc(OC)c1)C(N)=O. The van der Waals surface area contributed by atoms with Gasteiger partial charge in [0.05, 0.1) is 24.5 Å². The molecule has 3 atom stereocenters. The predicted molar refractivity (Wildman–Crippen MR) is 81.0 cm³/mol. The molecule has 2 amide bonds. The summed E-state index contributed by atoms with van der Waals surface area (Å²) in [5.41, 5.74) is 10.9. The van der Waals surface area contributed by atoms with Crippen LogP contribution in [0, 0.1) is 11.3 Å². The van der Waals surface area contributed by atoms with Crippen LogP contribution in [0.3, 0.4) is 0 Å². The Morgan fingerprint density at radius 1 is 1.36 bits per heavy atom. The number of carbonyl (C=O) groups is 2. The zero-order valence-corrected chi connectivity index (χ0v) is 12.9. The van der Waals surface area contributed by atoms with Crippen LogP contribution in [0.5, 0.6) is 5.75 Å². The second kappa shape index (κ2) is 6.36. The van der Waals surface area contributed by atoms with Crippen molar-refractivity contribution in [1.29, 1.82) is 0 Å². The van der Waals surface area contributed by atoms with Crippen LogP contribution in [-0.2, 0) is 20.7 Å². The van der Waals surface area contributed by atoms with Crippen LogP contribution in [0.15, 0.2) is 24.3 Å². The fourth-order valence-electron chi connectivity index (χ4n) is 3.26. The smallest absolute Gasteiger partial charge is 0.227 e. The maximum Gasteiger partial charge on any atom is 0.227 e. The Morgan fingerprint density at radius 2 is 2.09 bits per heavy atom. The molecule has 1 aliphatic rings. The molecule has 6 nitrogen and oxygen atoms in total. The average molecular weight is 306 g/mol. The van der Waals surface area contributed by atoms with Crippen molar-refractivity contribution < 1.29 is 19.1 Å². The number of nitrogens with two attached hydrogens (primary N) is 2. The molecule has 1 aliphatic carbocycles. The zero-order valence-electron chi connectivity index (χ0n) is 12.9. The zero-order chi connectivity index (χ0) is 16.3. The largest absolute Gasteiger partial charge is 0.497 e. The molecule has 1 aromatic rings. The third-order valence-corrected chi connectivity index (χ3v) is 4.45. The Morgan fingerprint density at radius 3 is 2.64 bits per heavy atom. The second-order valence-electron chi connectivity index (χ2n) is 5.57. The quantitative estimate of drug-likeness (QED) is 0.770. The Bertz CT molecular complexity index is 575. The third kappa shape index (κ3) is 2.66. The summed E-state index contributed by atoms with van der Waals surface area (Å²) in [6.45, 7) is 2.29. The van der Waals surface area contributed by atoms with Crippen LogP contribution >= 0.6 is 0 Å². The summed E-state index contributed by atoms with van der Waals surface area (Å²) in [4.78, 5) is 23.9. The molecule has 2 rings (SSSR count). The molecule has 1 fully saturated rings. The van der Waals surface area contributed by atoms with Crippen molar-refractivity contribution in [2.24, 2.45) is 22.8 Å². The van der Waals surface area contributed by atoms with E-state index in [4.69, 9.17) is 20.9 Å². The van der Waals surface area contributed by atoms with E-state index in [1.807, 2.05) is 31.2 Å². The number of methoxy groups -OCH3 is 1. The minimum Gasteiger partial charge on any atom is -0.497 e. The summed E-state index contributed by atoms with van der Waals surface area (Å²) in [6, 6.07) is 7.33. The Kier molecular flexibility index (Phi) is 4.71. The molecule has 0 heterocycles. The first-order valence-corrected chi connectivity index (χ1v) is 7.29. The van der Waals surface area contributed by atoms with Gasteiger partial charge in [-0.05, 0) is 37.5 Å². The number of benzene rings is 1. The number of primary amides is 2. The summed E-state index contributed by atoms with van der Waals surface area (Å²) in [5.74, 6) is -0.991. The molecule has 120 valence electrons. The van der Waals surface area contributed by atoms with E-state index in [1.165, 1.54) is 0 Å². The highest BCUT2D eigenvalue weighted by molar-refractivity contribution is 5.92. The highest BCUT2D eigenvalue weighted by Crippen LogP contribution is 2.51. The molecule has 0 aromatic heterocycles. The maximum absolute atomic E-state index is 12.2. The Balaban J connectivity index is 2.36. The lowest BCUT2D eigenvalue weighted by Crippen LogP contribution is -2.66. The van der Waals surface area contributed by atoms with Gasteiger partial charge in [0.1, 0.15) is 5.75 Å². The highest BCUT2D eigenvalue weighted by atomic mass is 16.5. The summed E-state index contributed by atoms with van der Waals surface area (Å²) in [7, 11) is 1.57. The van der Waals surface area contributed by atoms with E-state index in [2.05, 4.69) is 0 Å². The Hall–Kier alpha value is -2.08. The molecule has 22 heavy (non-hydrogen) atoms. The average Bonchev–Trinajstić information content (AvgIpc) is 2.47. The molecule has 0 aliphatic heterocycles. The van der Waals surface area contributed by atoms with Gasteiger partial charge in [0.25, 0.3) is 0 Å². The highest BCUT2D eigenvalue weighted by Gasteiger charge is 2.62. The standard InChI is InChI=1S/C16H22N2O4/c1-3-22-13-8-12(14(17)19)16(13,15(18)20)9-10-5-4-6-11(7-10)21-2/h4-7,12-13H,3,8-9H2,1-2H3,(H2,17,19)(H2,18,20). The number of hydrogen-bond acceptors (Lipinski definition) is 4. The first-order valence-electron chi connectivity index (χ1n) is 7.29. The first kappa shape index (κ1) is 16.3. The Labute approximate surface area is 129 Å². The van der Waals surface area contributed by atoms with Crippen LogP contribution in [0.2, 0.25) is 0 Å². The fraction of sp³-hybridized carbons (Fsp3) is 0.500. The molecular weight excluding hydrogens is 284 g/mol. The van der Waals surface area contributed by atoms with Crippen molar-refractivity contribution in [3.05, 3.63) is 29.8 Å². The van der Waals surface area contributed by atoms with Gasteiger partial charge in [-0.3, -0.25) is 9.59 Å². The van der Waals surface area contributed by atoms with E-state index >= 15 is 0 Å². The summed E-state index contributed by atoms with van der Waals surface area (Å²) >= 11 is 0. The van der Waals surface area contributed by atoms with E-state index in [0.29, 0.717) is 25.2 Å². The molecule has 1 saturated carbocycles. The van der Waals surface area contributed by atoms with Crippen LogP contribution in [0.25, 0.3) is 0 Å². The van der Waals surface area contributed by atoms with E-state index in [0.717, 1.165) is 5.56 Å². The predicted octanol–water partition coefficient (Wildman–Crippen LogP) is 0.620. The molecule has 3 unspecified atom stereocenters. The van der Waals surface area contributed by atoms with Crippen molar-refractivity contribution >= 4 is 11.8 Å².